The molecule has 0 spiro atoms. The molecule has 1 aromatic rings. The van der Waals surface area contributed by atoms with Gasteiger partial charge in [0.25, 0.3) is 0 Å². The van der Waals surface area contributed by atoms with Crippen molar-refractivity contribution in [3.63, 3.8) is 0 Å². The first-order chi connectivity index (χ1) is 6.79. The molecule has 0 fully saturated rings. The second-order valence-electron chi connectivity index (χ2n) is 2.67. The van der Waals surface area contributed by atoms with Gasteiger partial charge in [0.2, 0.25) is 0 Å². The van der Waals surface area contributed by atoms with Gasteiger partial charge in [-0.05, 0) is 11.6 Å². The van der Waals surface area contributed by atoms with Crippen LogP contribution in [0.4, 0.5) is 0 Å². The lowest BCUT2D eigenvalue weighted by Gasteiger charge is -2.03. The van der Waals surface area contributed by atoms with Crippen LogP contribution in [-0.4, -0.2) is 13.1 Å². The van der Waals surface area contributed by atoms with E-state index >= 15 is 0 Å². The van der Waals surface area contributed by atoms with Crippen molar-refractivity contribution in [3.8, 4) is 0 Å². The van der Waals surface area contributed by atoms with Gasteiger partial charge in [0.05, 0.1) is 12.7 Å². The van der Waals surface area contributed by atoms with E-state index in [0.29, 0.717) is 5.57 Å². The molecule has 0 atom stereocenters. The summed E-state index contributed by atoms with van der Waals surface area (Å²) in [6.07, 6.45) is 3.21. The van der Waals surface area contributed by atoms with Gasteiger partial charge in [-0.3, -0.25) is 0 Å². The molecule has 0 saturated carbocycles. The maximum absolute atomic E-state index is 11.4. The molecule has 2 heteroatoms. The van der Waals surface area contributed by atoms with Crippen LogP contribution in [0.2, 0.25) is 0 Å². The van der Waals surface area contributed by atoms with Crippen molar-refractivity contribution in [3.05, 3.63) is 54.6 Å². The van der Waals surface area contributed by atoms with Crippen molar-refractivity contribution in [1.82, 2.24) is 0 Å². The molecule has 0 unspecified atom stereocenters. The van der Waals surface area contributed by atoms with Gasteiger partial charge < -0.3 is 4.74 Å². The SMILES string of the molecule is C=CC=C(C(=O)OC)c1ccccc1. The largest absolute Gasteiger partial charge is 0.465 e. The second-order valence-corrected chi connectivity index (χ2v) is 2.67. The van der Waals surface area contributed by atoms with E-state index < -0.39 is 0 Å². The highest BCUT2D eigenvalue weighted by Crippen LogP contribution is 2.15. The van der Waals surface area contributed by atoms with E-state index in [1.54, 1.807) is 12.2 Å². The molecule has 1 aromatic carbocycles. The number of benzene rings is 1. The van der Waals surface area contributed by atoms with Crippen LogP contribution in [0.15, 0.2) is 49.1 Å². The Hall–Kier alpha value is -1.83. The number of hydrogen-bond acceptors (Lipinski definition) is 2. The number of methoxy groups -OCH3 is 1. The average molecular weight is 188 g/mol. The molecule has 2 nitrogen and oxygen atoms in total. The summed E-state index contributed by atoms with van der Waals surface area (Å²) < 4.78 is 4.66. The number of rotatable bonds is 3. The molecule has 0 aliphatic rings. The van der Waals surface area contributed by atoms with Crippen LogP contribution in [0.3, 0.4) is 0 Å². The summed E-state index contributed by atoms with van der Waals surface area (Å²) >= 11 is 0. The zero-order chi connectivity index (χ0) is 10.4. The summed E-state index contributed by atoms with van der Waals surface area (Å²) in [6.45, 7) is 3.56. The standard InChI is InChI=1S/C12H12O2/c1-3-7-11(12(13)14-2)10-8-5-4-6-9-10/h3-9H,1H2,2H3. The minimum absolute atomic E-state index is 0.351. The van der Waals surface area contributed by atoms with Gasteiger partial charge in [-0.2, -0.15) is 0 Å². The molecular weight excluding hydrogens is 176 g/mol. The molecule has 1 rings (SSSR count). The quantitative estimate of drug-likeness (QED) is 0.413. The Labute approximate surface area is 83.5 Å². The Morgan fingerprint density at radius 1 is 1.36 bits per heavy atom. The number of esters is 1. The van der Waals surface area contributed by atoms with Gasteiger partial charge in [-0.1, -0.05) is 43.0 Å². The Morgan fingerprint density at radius 2 is 2.00 bits per heavy atom. The fourth-order valence-corrected chi connectivity index (χ4v) is 1.13. The molecule has 0 N–H and O–H groups in total. The lowest BCUT2D eigenvalue weighted by Crippen LogP contribution is -2.03. The van der Waals surface area contributed by atoms with E-state index in [2.05, 4.69) is 11.3 Å². The topological polar surface area (TPSA) is 26.3 Å². The molecule has 0 saturated heterocycles. The van der Waals surface area contributed by atoms with Gasteiger partial charge in [-0.15, -0.1) is 0 Å². The number of ether oxygens (including phenoxy) is 1. The highest BCUT2D eigenvalue weighted by Gasteiger charge is 2.09. The lowest BCUT2D eigenvalue weighted by atomic mass is 10.1. The third-order valence-electron chi connectivity index (χ3n) is 1.77. The highest BCUT2D eigenvalue weighted by molar-refractivity contribution is 6.16. The Morgan fingerprint density at radius 3 is 2.50 bits per heavy atom. The molecular formula is C12H12O2. The summed E-state index contributed by atoms with van der Waals surface area (Å²) in [7, 11) is 1.36. The van der Waals surface area contributed by atoms with Crippen LogP contribution in [-0.2, 0) is 9.53 Å². The first kappa shape index (κ1) is 10.3. The van der Waals surface area contributed by atoms with Crippen molar-refractivity contribution in [2.75, 3.05) is 7.11 Å². The van der Waals surface area contributed by atoms with Crippen LogP contribution in [0.25, 0.3) is 5.57 Å². The fraction of sp³-hybridized carbons (Fsp3) is 0.0833. The number of allylic oxidation sites excluding steroid dienone is 2. The van der Waals surface area contributed by atoms with Crippen molar-refractivity contribution in [2.45, 2.75) is 0 Å². The van der Waals surface area contributed by atoms with E-state index in [-0.39, 0.29) is 5.97 Å². The highest BCUT2D eigenvalue weighted by atomic mass is 16.5. The summed E-state index contributed by atoms with van der Waals surface area (Å²) in [6, 6.07) is 9.34. The Kier molecular flexibility index (Phi) is 3.68. The molecule has 0 amide bonds. The van der Waals surface area contributed by atoms with Crippen LogP contribution < -0.4 is 0 Å². The zero-order valence-corrected chi connectivity index (χ0v) is 8.07. The monoisotopic (exact) mass is 188 g/mol. The first-order valence-corrected chi connectivity index (χ1v) is 4.26. The van der Waals surface area contributed by atoms with Gasteiger partial charge in [-0.25, -0.2) is 4.79 Å². The van der Waals surface area contributed by atoms with E-state index in [1.807, 2.05) is 30.3 Å². The molecule has 0 heterocycles. The molecule has 0 bridgehead atoms. The van der Waals surface area contributed by atoms with Gasteiger partial charge in [0.15, 0.2) is 0 Å². The molecule has 0 aliphatic carbocycles. The normalized spacial score (nSPS) is 10.8. The maximum atomic E-state index is 11.4. The molecule has 0 radical (unpaired) electrons. The smallest absolute Gasteiger partial charge is 0.338 e. The number of carbonyl (C=O) groups excluding carboxylic acids is 1. The molecule has 72 valence electrons. The molecule has 0 aliphatic heterocycles. The summed E-state index contributed by atoms with van der Waals surface area (Å²) in [5.41, 5.74) is 1.35. The Bertz CT molecular complexity index is 350. The van der Waals surface area contributed by atoms with Gasteiger partial charge in [0.1, 0.15) is 0 Å². The molecule has 14 heavy (non-hydrogen) atoms. The number of hydrogen-bond donors (Lipinski definition) is 0. The summed E-state index contributed by atoms with van der Waals surface area (Å²) in [4.78, 5) is 11.4. The van der Waals surface area contributed by atoms with Gasteiger partial charge in [0, 0.05) is 0 Å². The van der Waals surface area contributed by atoms with Crippen LogP contribution in [0, 0.1) is 0 Å². The average Bonchev–Trinajstić information content (AvgIpc) is 2.26. The summed E-state index contributed by atoms with van der Waals surface area (Å²) in [5.74, 6) is -0.351. The third-order valence-corrected chi connectivity index (χ3v) is 1.77. The predicted octanol–water partition coefficient (Wildman–Crippen LogP) is 2.43. The van der Waals surface area contributed by atoms with Crippen molar-refractivity contribution < 1.29 is 9.53 Å². The van der Waals surface area contributed by atoms with Gasteiger partial charge >= 0.3 is 5.97 Å². The van der Waals surface area contributed by atoms with E-state index in [1.165, 1.54) is 7.11 Å². The third kappa shape index (κ3) is 2.33. The van der Waals surface area contributed by atoms with E-state index in [4.69, 9.17) is 0 Å². The summed E-state index contributed by atoms with van der Waals surface area (Å²) in [5, 5.41) is 0. The minimum Gasteiger partial charge on any atom is -0.465 e. The van der Waals surface area contributed by atoms with Crippen LogP contribution in [0.5, 0.6) is 0 Å². The Balaban J connectivity index is 3.07. The maximum Gasteiger partial charge on any atom is 0.338 e. The first-order valence-electron chi connectivity index (χ1n) is 4.26. The van der Waals surface area contributed by atoms with Crippen LogP contribution >= 0.6 is 0 Å². The predicted molar refractivity (Wildman–Crippen MR) is 56.6 cm³/mol. The van der Waals surface area contributed by atoms with Crippen LogP contribution in [0.1, 0.15) is 5.56 Å². The zero-order valence-electron chi connectivity index (χ0n) is 8.07. The molecule has 0 aromatic heterocycles. The van der Waals surface area contributed by atoms with Crippen molar-refractivity contribution in [1.29, 1.82) is 0 Å². The second kappa shape index (κ2) is 5.02. The lowest BCUT2D eigenvalue weighted by molar-refractivity contribution is -0.133. The van der Waals surface area contributed by atoms with Crippen molar-refractivity contribution in [2.24, 2.45) is 0 Å². The van der Waals surface area contributed by atoms with Crippen molar-refractivity contribution >= 4 is 11.5 Å². The fourth-order valence-electron chi connectivity index (χ4n) is 1.13. The number of carbonyl (C=O) groups is 1. The van der Waals surface area contributed by atoms with E-state index in [0.717, 1.165) is 5.56 Å². The van der Waals surface area contributed by atoms with E-state index in [9.17, 15) is 4.79 Å². The minimum atomic E-state index is -0.351.